The van der Waals surface area contributed by atoms with Gasteiger partial charge in [-0.25, -0.2) is 0 Å². The molecule has 2 amide bonds. The molecule has 1 aliphatic carbocycles. The van der Waals surface area contributed by atoms with Crippen molar-refractivity contribution in [3.8, 4) is 0 Å². The van der Waals surface area contributed by atoms with Crippen molar-refractivity contribution in [2.24, 2.45) is 17.4 Å². The lowest BCUT2D eigenvalue weighted by atomic mass is 9.88. The molecule has 5 N–H and O–H groups in total. The highest BCUT2D eigenvalue weighted by Gasteiger charge is 2.26. The monoisotopic (exact) mass is 337 g/mol. The van der Waals surface area contributed by atoms with Crippen LogP contribution in [0.3, 0.4) is 0 Å². The van der Waals surface area contributed by atoms with Crippen LogP contribution in [0.4, 0.5) is 0 Å². The number of nitrogens with one attached hydrogen (secondary N) is 1. The van der Waals surface area contributed by atoms with Crippen LogP contribution in [0.15, 0.2) is 4.42 Å². The number of aromatic nitrogens is 2. The van der Waals surface area contributed by atoms with Gasteiger partial charge >= 0.3 is 0 Å². The minimum atomic E-state index is -0.531. The third-order valence-electron chi connectivity index (χ3n) is 4.35. The number of nitrogens with zero attached hydrogens (tertiary/aromatic N) is 2. The van der Waals surface area contributed by atoms with Crippen LogP contribution in [-0.4, -0.2) is 28.6 Å². The zero-order valence-electron chi connectivity index (χ0n) is 14.0. The third kappa shape index (κ3) is 5.59. The molecule has 0 radical (unpaired) electrons. The van der Waals surface area contributed by atoms with Gasteiger partial charge in [-0.05, 0) is 38.6 Å². The fraction of sp³-hybridized carbons (Fsp3) is 0.750. The molecule has 1 aliphatic rings. The van der Waals surface area contributed by atoms with E-state index < -0.39 is 5.91 Å². The predicted octanol–water partition coefficient (Wildman–Crippen LogP) is 0.964. The van der Waals surface area contributed by atoms with Gasteiger partial charge in [0.15, 0.2) is 0 Å². The smallest absolute Gasteiger partial charge is 0.238 e. The number of unbranched alkanes of at least 4 members (excludes halogenated alkanes) is 1. The van der Waals surface area contributed by atoms with Gasteiger partial charge in [0.25, 0.3) is 0 Å². The van der Waals surface area contributed by atoms with E-state index in [1.807, 2.05) is 0 Å². The van der Waals surface area contributed by atoms with Gasteiger partial charge in [-0.15, -0.1) is 10.2 Å². The lowest BCUT2D eigenvalue weighted by molar-refractivity contribution is -0.127. The van der Waals surface area contributed by atoms with Crippen molar-refractivity contribution in [3.05, 3.63) is 11.8 Å². The summed E-state index contributed by atoms with van der Waals surface area (Å²) in [6.07, 6.45) is 7.53. The number of carbonyl (C=O) groups excluding carboxylic acids is 2. The van der Waals surface area contributed by atoms with E-state index in [0.717, 1.165) is 38.5 Å². The molecule has 8 nitrogen and oxygen atoms in total. The van der Waals surface area contributed by atoms with Gasteiger partial charge in [0, 0.05) is 5.92 Å². The molecule has 134 valence electrons. The summed E-state index contributed by atoms with van der Waals surface area (Å²) in [5.74, 6) is 0.0719. The predicted molar refractivity (Wildman–Crippen MR) is 87.6 cm³/mol. The van der Waals surface area contributed by atoms with Crippen molar-refractivity contribution in [3.63, 3.8) is 0 Å². The maximum Gasteiger partial charge on any atom is 0.238 e. The molecule has 0 saturated heterocycles. The molecular weight excluding hydrogens is 310 g/mol. The summed E-state index contributed by atoms with van der Waals surface area (Å²) in [7, 11) is 0. The van der Waals surface area contributed by atoms with E-state index in [9.17, 15) is 9.59 Å². The third-order valence-corrected chi connectivity index (χ3v) is 4.35. The van der Waals surface area contributed by atoms with E-state index in [0.29, 0.717) is 18.9 Å². The van der Waals surface area contributed by atoms with E-state index in [4.69, 9.17) is 15.9 Å². The van der Waals surface area contributed by atoms with Gasteiger partial charge in [-0.3, -0.25) is 9.59 Å². The molecule has 0 aliphatic heterocycles. The molecule has 1 atom stereocenters. The van der Waals surface area contributed by atoms with Crippen LogP contribution < -0.4 is 16.8 Å². The van der Waals surface area contributed by atoms with E-state index in [1.54, 1.807) is 0 Å². The fourth-order valence-corrected chi connectivity index (χ4v) is 3.03. The van der Waals surface area contributed by atoms with Crippen LogP contribution in [0, 0.1) is 5.92 Å². The molecule has 1 heterocycles. The van der Waals surface area contributed by atoms with Crippen molar-refractivity contribution in [1.29, 1.82) is 0 Å². The van der Waals surface area contributed by atoms with Gasteiger partial charge in [-0.2, -0.15) is 0 Å². The van der Waals surface area contributed by atoms with Gasteiger partial charge in [0.2, 0.25) is 23.6 Å². The van der Waals surface area contributed by atoms with Crippen molar-refractivity contribution in [2.75, 3.05) is 6.54 Å². The minimum absolute atomic E-state index is 0.0436. The number of primary amides is 1. The molecule has 1 aromatic heterocycles. The van der Waals surface area contributed by atoms with Gasteiger partial charge in [0.05, 0.1) is 0 Å². The van der Waals surface area contributed by atoms with Gasteiger partial charge < -0.3 is 21.2 Å². The molecule has 8 heteroatoms. The van der Waals surface area contributed by atoms with Gasteiger partial charge in [0.1, 0.15) is 12.5 Å². The summed E-state index contributed by atoms with van der Waals surface area (Å²) < 4.78 is 5.51. The first-order chi connectivity index (χ1) is 11.6. The highest BCUT2D eigenvalue weighted by molar-refractivity contribution is 5.79. The largest absolute Gasteiger partial charge is 0.422 e. The van der Waals surface area contributed by atoms with E-state index in [1.165, 1.54) is 6.42 Å². The fourth-order valence-electron chi connectivity index (χ4n) is 3.03. The first-order valence-corrected chi connectivity index (χ1v) is 8.71. The lowest BCUT2D eigenvalue weighted by Gasteiger charge is -2.23. The van der Waals surface area contributed by atoms with Crippen LogP contribution >= 0.6 is 0 Å². The Morgan fingerprint density at radius 3 is 2.62 bits per heavy atom. The van der Waals surface area contributed by atoms with E-state index in [2.05, 4.69) is 15.5 Å². The molecule has 0 aromatic carbocycles. The Morgan fingerprint density at radius 2 is 1.96 bits per heavy atom. The Labute approximate surface area is 141 Å². The summed E-state index contributed by atoms with van der Waals surface area (Å²) in [5, 5.41) is 10.8. The lowest BCUT2D eigenvalue weighted by Crippen LogP contribution is -2.35. The first-order valence-electron chi connectivity index (χ1n) is 8.71. The second-order valence-electron chi connectivity index (χ2n) is 6.36. The average molecular weight is 337 g/mol. The Morgan fingerprint density at radius 1 is 1.21 bits per heavy atom. The number of nitrogens with two attached hydrogens (primary N) is 2. The quantitative estimate of drug-likeness (QED) is 0.574. The SMILES string of the molecule is NCCCC[C@H](NC(=O)C1CCCCC1)c1nnc(CC(N)=O)o1. The summed E-state index contributed by atoms with van der Waals surface area (Å²) in [5.41, 5.74) is 10.7. The number of hydrogen-bond donors (Lipinski definition) is 3. The molecule has 24 heavy (non-hydrogen) atoms. The Hall–Kier alpha value is -1.96. The molecule has 0 spiro atoms. The van der Waals surface area contributed by atoms with Crippen molar-refractivity contribution in [2.45, 2.75) is 63.8 Å². The molecule has 0 unspecified atom stereocenters. The molecule has 1 aromatic rings. The summed E-state index contributed by atoms with van der Waals surface area (Å²) >= 11 is 0. The number of carbonyl (C=O) groups is 2. The van der Waals surface area contributed by atoms with Gasteiger partial charge in [-0.1, -0.05) is 19.3 Å². The van der Waals surface area contributed by atoms with Crippen LogP contribution in [0.25, 0.3) is 0 Å². The molecule has 1 fully saturated rings. The highest BCUT2D eigenvalue weighted by atomic mass is 16.4. The standard InChI is InChI=1S/C16H27N5O3/c17-9-5-4-8-12(16-21-20-14(24-16)10-13(18)22)19-15(23)11-6-2-1-3-7-11/h11-12H,1-10,17H2,(H2,18,22)(H,19,23)/t12-/m0/s1. The molecule has 0 bridgehead atoms. The minimum Gasteiger partial charge on any atom is -0.422 e. The van der Waals surface area contributed by atoms with Crippen LogP contribution in [0.1, 0.15) is 69.2 Å². The average Bonchev–Trinajstić information content (AvgIpc) is 3.02. The van der Waals surface area contributed by atoms with Crippen molar-refractivity contribution >= 4 is 11.8 Å². The molecule has 1 saturated carbocycles. The normalized spacial score (nSPS) is 16.7. The Kier molecular flexibility index (Phi) is 7.17. The summed E-state index contributed by atoms with van der Waals surface area (Å²) in [4.78, 5) is 23.5. The number of hydrogen-bond acceptors (Lipinski definition) is 6. The summed E-state index contributed by atoms with van der Waals surface area (Å²) in [6, 6.07) is -0.347. The van der Waals surface area contributed by atoms with Crippen LogP contribution in [0.2, 0.25) is 0 Å². The Balaban J connectivity index is 2.01. The second kappa shape index (κ2) is 9.36. The molecular formula is C16H27N5O3. The van der Waals surface area contributed by atoms with Crippen molar-refractivity contribution in [1.82, 2.24) is 15.5 Å². The first kappa shape index (κ1) is 18.4. The zero-order chi connectivity index (χ0) is 17.4. The maximum atomic E-state index is 12.5. The molecule has 2 rings (SSSR count). The number of rotatable bonds is 9. The van der Waals surface area contributed by atoms with E-state index in [-0.39, 0.29) is 30.2 Å². The maximum absolute atomic E-state index is 12.5. The second-order valence-corrected chi connectivity index (χ2v) is 6.36. The van der Waals surface area contributed by atoms with Crippen molar-refractivity contribution < 1.29 is 14.0 Å². The zero-order valence-corrected chi connectivity index (χ0v) is 14.0. The topological polar surface area (TPSA) is 137 Å². The van der Waals surface area contributed by atoms with Crippen LogP contribution in [-0.2, 0) is 16.0 Å². The highest BCUT2D eigenvalue weighted by Crippen LogP contribution is 2.26. The summed E-state index contributed by atoms with van der Waals surface area (Å²) in [6.45, 7) is 0.597. The Bertz CT molecular complexity index is 540. The number of amides is 2. The van der Waals surface area contributed by atoms with Crippen LogP contribution in [0.5, 0.6) is 0 Å². The van der Waals surface area contributed by atoms with E-state index >= 15 is 0 Å².